The Hall–Kier alpha value is -3.34. The molecule has 1 fully saturated rings. The number of sulfonamides is 1. The highest BCUT2D eigenvalue weighted by atomic mass is 32.2. The van der Waals surface area contributed by atoms with Gasteiger partial charge in [0.25, 0.3) is 10.0 Å². The van der Waals surface area contributed by atoms with E-state index in [-0.39, 0.29) is 29.2 Å². The lowest BCUT2D eigenvalue weighted by Gasteiger charge is -2.09. The van der Waals surface area contributed by atoms with E-state index in [4.69, 9.17) is 0 Å². The SMILES string of the molecule is O=C(Nc1ccc2cncc(CO)c2c1)[C@@H]1CC1c1ccc(S(=O)(=O)Nc2nccs2)cc1. The highest BCUT2D eigenvalue weighted by molar-refractivity contribution is 7.93. The average molecular weight is 481 g/mol. The van der Waals surface area contributed by atoms with Crippen molar-refractivity contribution in [1.29, 1.82) is 0 Å². The van der Waals surface area contributed by atoms with Crippen LogP contribution in [0.15, 0.2) is 71.3 Å². The van der Waals surface area contributed by atoms with Gasteiger partial charge < -0.3 is 10.4 Å². The van der Waals surface area contributed by atoms with E-state index < -0.39 is 10.0 Å². The van der Waals surface area contributed by atoms with E-state index in [9.17, 15) is 18.3 Å². The molecule has 10 heteroatoms. The van der Waals surface area contributed by atoms with Crippen molar-refractivity contribution in [2.75, 3.05) is 10.0 Å². The molecule has 1 amide bonds. The van der Waals surface area contributed by atoms with Crippen molar-refractivity contribution < 1.29 is 18.3 Å². The van der Waals surface area contributed by atoms with Crippen LogP contribution in [0.1, 0.15) is 23.5 Å². The summed E-state index contributed by atoms with van der Waals surface area (Å²) in [5.74, 6) is -0.209. The molecule has 1 unspecified atom stereocenters. The molecule has 1 aliphatic carbocycles. The van der Waals surface area contributed by atoms with Crippen LogP contribution in [0, 0.1) is 5.92 Å². The van der Waals surface area contributed by atoms with E-state index in [0.717, 1.165) is 16.3 Å². The van der Waals surface area contributed by atoms with Crippen LogP contribution < -0.4 is 10.0 Å². The quantitative estimate of drug-likeness (QED) is 0.371. The van der Waals surface area contributed by atoms with Gasteiger partial charge in [-0.25, -0.2) is 13.4 Å². The lowest BCUT2D eigenvalue weighted by molar-refractivity contribution is -0.117. The molecule has 0 aliphatic heterocycles. The van der Waals surface area contributed by atoms with Gasteiger partial charge in [0.05, 0.1) is 11.5 Å². The molecule has 2 atom stereocenters. The molecule has 33 heavy (non-hydrogen) atoms. The van der Waals surface area contributed by atoms with Crippen molar-refractivity contribution in [3.63, 3.8) is 0 Å². The molecule has 2 heterocycles. The maximum absolute atomic E-state index is 12.8. The number of rotatable bonds is 7. The van der Waals surface area contributed by atoms with E-state index in [2.05, 4.69) is 20.0 Å². The third-order valence-electron chi connectivity index (χ3n) is 5.68. The smallest absolute Gasteiger partial charge is 0.263 e. The van der Waals surface area contributed by atoms with Gasteiger partial charge in [0.15, 0.2) is 5.13 Å². The van der Waals surface area contributed by atoms with Crippen LogP contribution in [0.2, 0.25) is 0 Å². The zero-order valence-electron chi connectivity index (χ0n) is 17.3. The van der Waals surface area contributed by atoms with Gasteiger partial charge in [-0.15, -0.1) is 11.3 Å². The van der Waals surface area contributed by atoms with Crippen molar-refractivity contribution in [1.82, 2.24) is 9.97 Å². The molecule has 0 spiro atoms. The Labute approximate surface area is 194 Å². The topological polar surface area (TPSA) is 121 Å². The molecular weight excluding hydrogens is 460 g/mol. The third-order valence-corrected chi connectivity index (χ3v) is 7.85. The lowest BCUT2D eigenvalue weighted by Crippen LogP contribution is -2.14. The summed E-state index contributed by atoms with van der Waals surface area (Å²) in [6.45, 7) is -0.127. The first-order chi connectivity index (χ1) is 15.9. The fourth-order valence-corrected chi connectivity index (χ4v) is 5.65. The molecule has 8 nitrogen and oxygen atoms in total. The molecule has 2 aromatic heterocycles. The summed E-state index contributed by atoms with van der Waals surface area (Å²) in [6, 6.07) is 12.1. The Morgan fingerprint density at radius 1 is 1.15 bits per heavy atom. The Bertz CT molecular complexity index is 1420. The molecule has 1 saturated carbocycles. The van der Waals surface area contributed by atoms with E-state index >= 15 is 0 Å². The minimum absolute atomic E-state index is 0.0475. The number of nitrogens with zero attached hydrogens (tertiary/aromatic N) is 2. The predicted molar refractivity (Wildman–Crippen MR) is 127 cm³/mol. The maximum Gasteiger partial charge on any atom is 0.263 e. The second-order valence-electron chi connectivity index (χ2n) is 7.84. The molecule has 3 N–H and O–H groups in total. The predicted octanol–water partition coefficient (Wildman–Crippen LogP) is 3.73. The molecule has 0 saturated heterocycles. The number of anilines is 2. The van der Waals surface area contributed by atoms with Crippen LogP contribution >= 0.6 is 11.3 Å². The van der Waals surface area contributed by atoms with Gasteiger partial charge in [0, 0.05) is 46.5 Å². The van der Waals surface area contributed by atoms with Gasteiger partial charge in [0.1, 0.15) is 0 Å². The van der Waals surface area contributed by atoms with E-state index in [1.807, 2.05) is 18.2 Å². The summed E-state index contributed by atoms with van der Waals surface area (Å²) < 4.78 is 27.4. The minimum atomic E-state index is -3.70. The number of benzene rings is 2. The third kappa shape index (κ3) is 4.45. The van der Waals surface area contributed by atoms with Crippen molar-refractivity contribution in [2.45, 2.75) is 23.8 Å². The molecule has 168 valence electrons. The summed E-state index contributed by atoms with van der Waals surface area (Å²) in [7, 11) is -3.70. The molecule has 0 bridgehead atoms. The highest BCUT2D eigenvalue weighted by Crippen LogP contribution is 2.48. The van der Waals surface area contributed by atoms with Crippen LogP contribution in [0.5, 0.6) is 0 Å². The number of carbonyl (C=O) groups is 1. The number of nitrogens with one attached hydrogen (secondary N) is 2. The van der Waals surface area contributed by atoms with Gasteiger partial charge in [-0.2, -0.15) is 0 Å². The number of amides is 1. The Balaban J connectivity index is 1.25. The average Bonchev–Trinajstić information content (AvgIpc) is 3.47. The highest BCUT2D eigenvalue weighted by Gasteiger charge is 2.44. The Morgan fingerprint density at radius 2 is 1.97 bits per heavy atom. The Morgan fingerprint density at radius 3 is 2.70 bits per heavy atom. The molecule has 1 aliphatic rings. The second-order valence-corrected chi connectivity index (χ2v) is 10.4. The van der Waals surface area contributed by atoms with Gasteiger partial charge in [-0.05, 0) is 47.6 Å². The fraction of sp³-hybridized carbons (Fsp3) is 0.174. The van der Waals surface area contributed by atoms with Crippen molar-refractivity contribution in [2.24, 2.45) is 5.92 Å². The second kappa shape index (κ2) is 8.54. The molecule has 0 radical (unpaired) electrons. The summed E-state index contributed by atoms with van der Waals surface area (Å²) in [5, 5.41) is 16.2. The minimum Gasteiger partial charge on any atom is -0.392 e. The fourth-order valence-electron chi connectivity index (χ4n) is 3.86. The summed E-state index contributed by atoms with van der Waals surface area (Å²) >= 11 is 1.21. The molecule has 4 aromatic rings. The number of thiazole rings is 1. The number of aromatic nitrogens is 2. The first-order valence-electron chi connectivity index (χ1n) is 10.3. The summed E-state index contributed by atoms with van der Waals surface area (Å²) in [6.07, 6.45) is 5.56. The van der Waals surface area contributed by atoms with E-state index in [1.54, 1.807) is 42.0 Å². The largest absolute Gasteiger partial charge is 0.392 e. The number of pyridine rings is 1. The lowest BCUT2D eigenvalue weighted by atomic mass is 10.1. The first kappa shape index (κ1) is 21.5. The van der Waals surface area contributed by atoms with Crippen molar-refractivity contribution >= 4 is 48.9 Å². The molecular formula is C23H20N4O4S2. The summed E-state index contributed by atoms with van der Waals surface area (Å²) in [4.78, 5) is 21.0. The van der Waals surface area contributed by atoms with Crippen LogP contribution in [0.4, 0.5) is 10.8 Å². The van der Waals surface area contributed by atoms with Crippen LogP contribution in [-0.4, -0.2) is 29.4 Å². The number of fused-ring (bicyclic) bond motifs is 1. The van der Waals surface area contributed by atoms with E-state index in [0.29, 0.717) is 22.8 Å². The van der Waals surface area contributed by atoms with Gasteiger partial charge in [-0.3, -0.25) is 14.5 Å². The number of hydrogen-bond donors (Lipinski definition) is 3. The molecule has 5 rings (SSSR count). The van der Waals surface area contributed by atoms with Crippen molar-refractivity contribution in [3.8, 4) is 0 Å². The van der Waals surface area contributed by atoms with E-state index in [1.165, 1.54) is 17.5 Å². The maximum atomic E-state index is 12.8. The van der Waals surface area contributed by atoms with Crippen LogP contribution in [-0.2, 0) is 21.4 Å². The first-order valence-corrected chi connectivity index (χ1v) is 12.6. The number of aliphatic hydroxyl groups is 1. The summed E-state index contributed by atoms with van der Waals surface area (Å²) in [5.41, 5.74) is 2.29. The number of hydrogen-bond acceptors (Lipinski definition) is 7. The van der Waals surface area contributed by atoms with Crippen molar-refractivity contribution in [3.05, 3.63) is 77.6 Å². The number of carbonyl (C=O) groups excluding carboxylic acids is 1. The van der Waals surface area contributed by atoms with Gasteiger partial charge >= 0.3 is 0 Å². The van der Waals surface area contributed by atoms with Crippen LogP contribution in [0.3, 0.4) is 0 Å². The monoisotopic (exact) mass is 480 g/mol. The zero-order chi connectivity index (χ0) is 23.0. The standard InChI is InChI=1S/C23H20N4O4S2/c28-13-16-12-24-11-15-1-4-17(9-19(15)16)26-22(29)21-10-20(21)14-2-5-18(6-3-14)33(30,31)27-23-25-7-8-32-23/h1-9,11-12,20-21,28H,10,13H2,(H,25,27)(H,26,29)/t20?,21-/m1/s1. The van der Waals surface area contributed by atoms with Crippen LogP contribution in [0.25, 0.3) is 10.8 Å². The van der Waals surface area contributed by atoms with Gasteiger partial charge in [0.2, 0.25) is 5.91 Å². The van der Waals surface area contributed by atoms with Gasteiger partial charge in [-0.1, -0.05) is 18.2 Å². The molecule has 2 aromatic carbocycles. The number of aliphatic hydroxyl groups excluding tert-OH is 1. The Kier molecular flexibility index (Phi) is 5.57. The normalized spacial score (nSPS) is 17.6. The zero-order valence-corrected chi connectivity index (χ0v) is 18.9.